The zero-order valence-corrected chi connectivity index (χ0v) is 13.9. The van der Waals surface area contributed by atoms with E-state index in [-0.39, 0.29) is 22.3 Å². The lowest BCUT2D eigenvalue weighted by Gasteiger charge is -2.27. The Morgan fingerprint density at radius 3 is 2.60 bits per heavy atom. The predicted octanol–water partition coefficient (Wildman–Crippen LogP) is 5.74. The van der Waals surface area contributed by atoms with Crippen molar-refractivity contribution in [2.24, 2.45) is 5.41 Å². The average molecular weight is 300 g/mol. The van der Waals surface area contributed by atoms with Crippen molar-refractivity contribution in [3.63, 3.8) is 0 Å². The standard InChI is InChI=1S/C17H27ClFN/c1-5-6-7-10-17(3,4)12-20-13(2)14-8-9-15(18)16(19)11-14/h8-9,11,13,20H,5-7,10,12H2,1-4H3. The fourth-order valence-electron chi connectivity index (χ4n) is 2.27. The summed E-state index contributed by atoms with van der Waals surface area (Å²) in [6, 6.07) is 5.15. The van der Waals surface area contributed by atoms with E-state index in [0.29, 0.717) is 0 Å². The average Bonchev–Trinajstić information content (AvgIpc) is 2.39. The lowest BCUT2D eigenvalue weighted by atomic mass is 9.86. The van der Waals surface area contributed by atoms with Gasteiger partial charge in [0.15, 0.2) is 0 Å². The number of hydrogen-bond donors (Lipinski definition) is 1. The molecule has 1 nitrogen and oxygen atoms in total. The first-order chi connectivity index (χ1) is 9.35. The quantitative estimate of drug-likeness (QED) is 0.604. The van der Waals surface area contributed by atoms with E-state index in [2.05, 4.69) is 33.0 Å². The number of halogens is 2. The van der Waals surface area contributed by atoms with Crippen molar-refractivity contribution in [1.29, 1.82) is 0 Å². The molecule has 1 aromatic carbocycles. The molecule has 0 saturated heterocycles. The molecular formula is C17H27ClFN. The van der Waals surface area contributed by atoms with Gasteiger partial charge in [-0.1, -0.05) is 57.7 Å². The van der Waals surface area contributed by atoms with E-state index in [4.69, 9.17) is 11.6 Å². The largest absolute Gasteiger partial charge is 0.310 e. The maximum atomic E-state index is 13.5. The van der Waals surface area contributed by atoms with Crippen LogP contribution in [0, 0.1) is 11.2 Å². The van der Waals surface area contributed by atoms with Crippen LogP contribution in [0.4, 0.5) is 4.39 Å². The summed E-state index contributed by atoms with van der Waals surface area (Å²) in [4.78, 5) is 0. The van der Waals surface area contributed by atoms with E-state index in [1.165, 1.54) is 31.7 Å². The van der Waals surface area contributed by atoms with Crippen molar-refractivity contribution >= 4 is 11.6 Å². The third-order valence-corrected chi connectivity index (χ3v) is 4.09. The molecule has 0 saturated carbocycles. The molecule has 20 heavy (non-hydrogen) atoms. The van der Waals surface area contributed by atoms with Crippen LogP contribution < -0.4 is 5.32 Å². The molecule has 1 atom stereocenters. The van der Waals surface area contributed by atoms with E-state index in [1.54, 1.807) is 6.07 Å². The number of nitrogens with one attached hydrogen (secondary N) is 1. The second kappa shape index (κ2) is 7.99. The fraction of sp³-hybridized carbons (Fsp3) is 0.647. The van der Waals surface area contributed by atoms with Gasteiger partial charge in [-0.3, -0.25) is 0 Å². The van der Waals surface area contributed by atoms with Gasteiger partial charge < -0.3 is 5.32 Å². The van der Waals surface area contributed by atoms with E-state index < -0.39 is 0 Å². The van der Waals surface area contributed by atoms with Crippen LogP contribution in [0.3, 0.4) is 0 Å². The normalized spacial score (nSPS) is 13.5. The molecule has 0 aliphatic heterocycles. The predicted molar refractivity (Wildman–Crippen MR) is 85.8 cm³/mol. The topological polar surface area (TPSA) is 12.0 Å². The van der Waals surface area contributed by atoms with E-state index in [9.17, 15) is 4.39 Å². The molecule has 3 heteroatoms. The molecule has 0 spiro atoms. The third-order valence-electron chi connectivity index (χ3n) is 3.79. The van der Waals surface area contributed by atoms with Crippen molar-refractivity contribution in [1.82, 2.24) is 5.32 Å². The number of hydrogen-bond acceptors (Lipinski definition) is 1. The first-order valence-electron chi connectivity index (χ1n) is 7.54. The number of benzene rings is 1. The molecule has 0 aliphatic rings. The first-order valence-corrected chi connectivity index (χ1v) is 7.92. The SMILES string of the molecule is CCCCCC(C)(C)CNC(C)c1ccc(Cl)c(F)c1. The van der Waals surface area contributed by atoms with Crippen LogP contribution in [0.5, 0.6) is 0 Å². The van der Waals surface area contributed by atoms with Gasteiger partial charge in [0.05, 0.1) is 5.02 Å². The highest BCUT2D eigenvalue weighted by Gasteiger charge is 2.18. The van der Waals surface area contributed by atoms with E-state index >= 15 is 0 Å². The molecule has 1 rings (SSSR count). The van der Waals surface area contributed by atoms with Gasteiger partial charge in [-0.15, -0.1) is 0 Å². The van der Waals surface area contributed by atoms with Crippen LogP contribution in [0.25, 0.3) is 0 Å². The summed E-state index contributed by atoms with van der Waals surface area (Å²) in [5, 5.41) is 3.68. The highest BCUT2D eigenvalue weighted by Crippen LogP contribution is 2.25. The van der Waals surface area contributed by atoms with Crippen molar-refractivity contribution < 1.29 is 4.39 Å². The summed E-state index contributed by atoms with van der Waals surface area (Å²) in [5.41, 5.74) is 1.21. The smallest absolute Gasteiger partial charge is 0.142 e. The minimum absolute atomic E-state index is 0.132. The van der Waals surface area contributed by atoms with Gasteiger partial charge in [0.1, 0.15) is 5.82 Å². The van der Waals surface area contributed by atoms with Crippen LogP contribution in [-0.2, 0) is 0 Å². The van der Waals surface area contributed by atoms with Crippen molar-refractivity contribution in [3.05, 3.63) is 34.6 Å². The molecule has 1 aromatic rings. The molecule has 0 amide bonds. The molecule has 0 aromatic heterocycles. The van der Waals surface area contributed by atoms with Crippen LogP contribution in [0.15, 0.2) is 18.2 Å². The zero-order valence-electron chi connectivity index (χ0n) is 13.1. The summed E-state index contributed by atoms with van der Waals surface area (Å²) >= 11 is 5.71. The summed E-state index contributed by atoms with van der Waals surface area (Å²) in [6.07, 6.45) is 5.04. The molecule has 0 radical (unpaired) electrons. The molecule has 0 heterocycles. The third kappa shape index (κ3) is 5.80. The molecule has 1 N–H and O–H groups in total. The maximum absolute atomic E-state index is 13.5. The Morgan fingerprint density at radius 2 is 2.00 bits per heavy atom. The molecular weight excluding hydrogens is 273 g/mol. The van der Waals surface area contributed by atoms with Crippen molar-refractivity contribution in [2.45, 2.75) is 59.4 Å². The molecule has 0 bridgehead atoms. The Bertz CT molecular complexity index is 417. The van der Waals surface area contributed by atoms with Gasteiger partial charge in [0.2, 0.25) is 0 Å². The van der Waals surface area contributed by atoms with Crippen LogP contribution in [0.2, 0.25) is 5.02 Å². The Balaban J connectivity index is 2.49. The first kappa shape index (κ1) is 17.5. The van der Waals surface area contributed by atoms with Gasteiger partial charge in [-0.25, -0.2) is 4.39 Å². The minimum atomic E-state index is -0.347. The maximum Gasteiger partial charge on any atom is 0.142 e. The molecule has 0 fully saturated rings. The van der Waals surface area contributed by atoms with Crippen molar-refractivity contribution in [2.75, 3.05) is 6.54 Å². The van der Waals surface area contributed by atoms with E-state index in [0.717, 1.165) is 12.1 Å². The summed E-state index contributed by atoms with van der Waals surface area (Å²) in [5.74, 6) is -0.347. The lowest BCUT2D eigenvalue weighted by Crippen LogP contribution is -2.31. The highest BCUT2D eigenvalue weighted by molar-refractivity contribution is 6.30. The molecule has 0 aliphatic carbocycles. The Labute approximate surface area is 127 Å². The number of unbranched alkanes of at least 4 members (excludes halogenated alkanes) is 2. The fourth-order valence-corrected chi connectivity index (χ4v) is 2.39. The molecule has 1 unspecified atom stereocenters. The van der Waals surface area contributed by atoms with E-state index in [1.807, 2.05) is 6.07 Å². The Morgan fingerprint density at radius 1 is 1.30 bits per heavy atom. The van der Waals surface area contributed by atoms with Crippen molar-refractivity contribution in [3.8, 4) is 0 Å². The van der Waals surface area contributed by atoms with Gasteiger partial charge in [0, 0.05) is 12.6 Å². The van der Waals surface area contributed by atoms with Crippen LogP contribution in [0.1, 0.15) is 65.0 Å². The van der Waals surface area contributed by atoms with Crippen LogP contribution >= 0.6 is 11.6 Å². The van der Waals surface area contributed by atoms with Crippen LogP contribution in [-0.4, -0.2) is 6.54 Å². The number of rotatable bonds is 8. The minimum Gasteiger partial charge on any atom is -0.310 e. The molecule has 114 valence electrons. The van der Waals surface area contributed by atoms with Gasteiger partial charge in [-0.2, -0.15) is 0 Å². The van der Waals surface area contributed by atoms with Gasteiger partial charge >= 0.3 is 0 Å². The highest BCUT2D eigenvalue weighted by atomic mass is 35.5. The Kier molecular flexibility index (Phi) is 6.97. The van der Waals surface area contributed by atoms with Gasteiger partial charge in [0.25, 0.3) is 0 Å². The Hall–Kier alpha value is -0.600. The summed E-state index contributed by atoms with van der Waals surface area (Å²) < 4.78 is 13.5. The zero-order chi connectivity index (χ0) is 15.2. The summed E-state index contributed by atoms with van der Waals surface area (Å²) in [7, 11) is 0. The lowest BCUT2D eigenvalue weighted by molar-refractivity contribution is 0.291. The second-order valence-electron chi connectivity index (χ2n) is 6.40. The van der Waals surface area contributed by atoms with Gasteiger partial charge in [-0.05, 0) is 36.5 Å². The summed E-state index contributed by atoms with van der Waals surface area (Å²) in [6.45, 7) is 9.78. The monoisotopic (exact) mass is 299 g/mol. The second-order valence-corrected chi connectivity index (χ2v) is 6.80.